The van der Waals surface area contributed by atoms with Crippen molar-refractivity contribution in [1.29, 1.82) is 0 Å². The third-order valence-corrected chi connectivity index (χ3v) is 5.31. The maximum Gasteiger partial charge on any atom is 0.407 e. The lowest BCUT2D eigenvalue weighted by atomic mass is 10.0. The van der Waals surface area contributed by atoms with Crippen molar-refractivity contribution in [1.82, 2.24) is 14.9 Å². The molecule has 0 aliphatic carbocycles. The van der Waals surface area contributed by atoms with E-state index in [1.807, 2.05) is 12.1 Å². The largest absolute Gasteiger partial charge is 0.465 e. The number of halogens is 1. The summed E-state index contributed by atoms with van der Waals surface area (Å²) in [4.78, 5) is 20.5. The van der Waals surface area contributed by atoms with Crippen LogP contribution in [0.5, 0.6) is 0 Å². The number of likely N-dealkylation sites (tertiary alicyclic amines) is 1. The number of rotatable bonds is 3. The highest BCUT2D eigenvalue weighted by molar-refractivity contribution is 9.10. The molecule has 1 aliphatic heterocycles. The number of carboxylic acid groups (broad SMARTS) is 1. The van der Waals surface area contributed by atoms with Crippen molar-refractivity contribution in [3.8, 4) is 22.4 Å². The predicted molar refractivity (Wildman–Crippen MR) is 104 cm³/mol. The number of hydrogen-bond acceptors (Lipinski definition) is 2. The molecule has 132 valence electrons. The first-order valence-electron chi connectivity index (χ1n) is 8.52. The molecule has 1 aliphatic rings. The van der Waals surface area contributed by atoms with E-state index in [0.717, 1.165) is 45.5 Å². The van der Waals surface area contributed by atoms with E-state index in [0.29, 0.717) is 6.54 Å². The summed E-state index contributed by atoms with van der Waals surface area (Å²) < 4.78 is 1.06. The molecule has 0 bridgehead atoms. The summed E-state index contributed by atoms with van der Waals surface area (Å²) in [6, 6.07) is 16.3. The smallest absolute Gasteiger partial charge is 0.407 e. The first-order valence-corrected chi connectivity index (χ1v) is 9.32. The van der Waals surface area contributed by atoms with Gasteiger partial charge in [0.05, 0.1) is 17.9 Å². The highest BCUT2D eigenvalue weighted by atomic mass is 79.9. The molecule has 4 rings (SSSR count). The van der Waals surface area contributed by atoms with E-state index in [9.17, 15) is 9.90 Å². The number of benzene rings is 2. The summed E-state index contributed by atoms with van der Waals surface area (Å²) in [5.41, 5.74) is 4.24. The van der Waals surface area contributed by atoms with Gasteiger partial charge in [-0.25, -0.2) is 9.78 Å². The lowest BCUT2D eigenvalue weighted by molar-refractivity contribution is 0.139. The highest BCUT2D eigenvalue weighted by Gasteiger charge is 2.31. The molecule has 2 N–H and O–H groups in total. The van der Waals surface area contributed by atoms with Crippen LogP contribution in [-0.4, -0.2) is 32.6 Å². The van der Waals surface area contributed by atoms with Crippen LogP contribution < -0.4 is 0 Å². The fourth-order valence-electron chi connectivity index (χ4n) is 3.42. The number of imidazole rings is 1. The monoisotopic (exact) mass is 411 g/mol. The van der Waals surface area contributed by atoms with Crippen LogP contribution in [0.1, 0.15) is 24.7 Å². The summed E-state index contributed by atoms with van der Waals surface area (Å²) in [6.45, 7) is 0.567. The van der Waals surface area contributed by atoms with Crippen LogP contribution in [0.4, 0.5) is 4.79 Å². The zero-order valence-corrected chi connectivity index (χ0v) is 15.6. The molecule has 1 amide bonds. The highest BCUT2D eigenvalue weighted by Crippen LogP contribution is 2.32. The lowest BCUT2D eigenvalue weighted by Crippen LogP contribution is -2.29. The molecule has 0 radical (unpaired) electrons. The molecule has 2 heterocycles. The van der Waals surface area contributed by atoms with Crippen molar-refractivity contribution >= 4 is 22.0 Å². The lowest BCUT2D eigenvalue weighted by Gasteiger charge is -2.19. The SMILES string of the molecule is O=C(O)N1CCCC1c1ncc(-c2ccc(-c3ccc(Br)cc3)cc2)[nH]1. The average Bonchev–Trinajstić information content (AvgIpc) is 3.32. The van der Waals surface area contributed by atoms with Gasteiger partial charge in [0, 0.05) is 11.0 Å². The standard InChI is InChI=1S/C20H18BrN3O2/c21-16-9-7-14(8-10-16)13-3-5-15(6-4-13)17-12-22-19(23-17)18-2-1-11-24(18)20(25)26/h3-10,12,18H,1-2,11H2,(H,22,23)(H,25,26). The number of carbonyl (C=O) groups is 1. The van der Waals surface area contributed by atoms with Crippen LogP contribution in [0.3, 0.4) is 0 Å². The molecule has 0 spiro atoms. The third-order valence-electron chi connectivity index (χ3n) is 4.78. The van der Waals surface area contributed by atoms with Gasteiger partial charge in [-0.1, -0.05) is 52.3 Å². The number of amides is 1. The molecular weight excluding hydrogens is 394 g/mol. The molecule has 1 atom stereocenters. The quantitative estimate of drug-likeness (QED) is 0.612. The van der Waals surface area contributed by atoms with Crippen molar-refractivity contribution < 1.29 is 9.90 Å². The summed E-state index contributed by atoms with van der Waals surface area (Å²) in [5.74, 6) is 0.719. The van der Waals surface area contributed by atoms with Crippen LogP contribution >= 0.6 is 15.9 Å². The van der Waals surface area contributed by atoms with Gasteiger partial charge >= 0.3 is 6.09 Å². The second-order valence-electron chi connectivity index (χ2n) is 6.40. The van der Waals surface area contributed by atoms with Crippen molar-refractivity contribution in [2.75, 3.05) is 6.54 Å². The normalized spacial score (nSPS) is 16.8. The zero-order chi connectivity index (χ0) is 18.1. The molecule has 3 aromatic rings. The van der Waals surface area contributed by atoms with Crippen LogP contribution in [0, 0.1) is 0 Å². The molecule has 1 saturated heterocycles. The zero-order valence-electron chi connectivity index (χ0n) is 14.0. The van der Waals surface area contributed by atoms with E-state index in [2.05, 4.69) is 62.3 Å². The Bertz CT molecular complexity index is 919. The Morgan fingerprint density at radius 3 is 2.35 bits per heavy atom. The number of aromatic nitrogens is 2. The van der Waals surface area contributed by atoms with Gasteiger partial charge in [0.2, 0.25) is 0 Å². The first kappa shape index (κ1) is 16.8. The minimum Gasteiger partial charge on any atom is -0.465 e. The van der Waals surface area contributed by atoms with Crippen molar-refractivity contribution in [3.05, 3.63) is 65.0 Å². The molecule has 1 fully saturated rings. The Morgan fingerprint density at radius 1 is 1.08 bits per heavy atom. The molecule has 1 unspecified atom stereocenters. The summed E-state index contributed by atoms with van der Waals surface area (Å²) in [5, 5.41) is 9.31. The van der Waals surface area contributed by atoms with E-state index < -0.39 is 6.09 Å². The second-order valence-corrected chi connectivity index (χ2v) is 7.32. The first-order chi connectivity index (χ1) is 12.6. The molecule has 26 heavy (non-hydrogen) atoms. The van der Waals surface area contributed by atoms with E-state index in [4.69, 9.17) is 0 Å². The van der Waals surface area contributed by atoms with Crippen LogP contribution in [0.15, 0.2) is 59.2 Å². The molecule has 0 saturated carbocycles. The predicted octanol–water partition coefficient (Wildman–Crippen LogP) is 5.32. The van der Waals surface area contributed by atoms with Gasteiger partial charge in [0.1, 0.15) is 5.82 Å². The summed E-state index contributed by atoms with van der Waals surface area (Å²) in [7, 11) is 0. The third kappa shape index (κ3) is 3.24. The molecule has 2 aromatic carbocycles. The van der Waals surface area contributed by atoms with E-state index in [-0.39, 0.29) is 6.04 Å². The number of nitrogens with one attached hydrogen (secondary N) is 1. The second kappa shape index (κ2) is 6.96. The van der Waals surface area contributed by atoms with Gasteiger partial charge in [0.25, 0.3) is 0 Å². The van der Waals surface area contributed by atoms with Gasteiger partial charge < -0.3 is 10.1 Å². The van der Waals surface area contributed by atoms with E-state index in [1.165, 1.54) is 4.90 Å². The fraction of sp³-hybridized carbons (Fsp3) is 0.200. The van der Waals surface area contributed by atoms with Crippen molar-refractivity contribution in [3.63, 3.8) is 0 Å². The van der Waals surface area contributed by atoms with Gasteiger partial charge in [-0.15, -0.1) is 0 Å². The van der Waals surface area contributed by atoms with Crippen molar-refractivity contribution in [2.24, 2.45) is 0 Å². The topological polar surface area (TPSA) is 69.2 Å². The van der Waals surface area contributed by atoms with E-state index >= 15 is 0 Å². The molecular formula is C20H18BrN3O2. The van der Waals surface area contributed by atoms with Crippen LogP contribution in [-0.2, 0) is 0 Å². The van der Waals surface area contributed by atoms with Crippen LogP contribution in [0.25, 0.3) is 22.4 Å². The minimum atomic E-state index is -0.885. The van der Waals surface area contributed by atoms with Crippen LogP contribution in [0.2, 0.25) is 0 Å². The summed E-state index contributed by atoms with van der Waals surface area (Å²) in [6.07, 6.45) is 2.57. The summed E-state index contributed by atoms with van der Waals surface area (Å²) >= 11 is 3.45. The minimum absolute atomic E-state index is 0.178. The number of H-pyrrole nitrogens is 1. The van der Waals surface area contributed by atoms with Gasteiger partial charge in [0.15, 0.2) is 0 Å². The maximum atomic E-state index is 11.3. The maximum absolute atomic E-state index is 11.3. The van der Waals surface area contributed by atoms with E-state index in [1.54, 1.807) is 6.20 Å². The number of hydrogen-bond donors (Lipinski definition) is 2. The molecule has 5 nitrogen and oxygen atoms in total. The number of nitrogens with zero attached hydrogens (tertiary/aromatic N) is 2. The van der Waals surface area contributed by atoms with Gasteiger partial charge in [-0.3, -0.25) is 4.90 Å². The van der Waals surface area contributed by atoms with Gasteiger partial charge in [-0.05, 0) is 41.7 Å². The Morgan fingerprint density at radius 2 is 1.69 bits per heavy atom. The molecule has 6 heteroatoms. The Hall–Kier alpha value is -2.60. The Balaban J connectivity index is 1.56. The average molecular weight is 412 g/mol. The Labute approximate surface area is 159 Å². The fourth-order valence-corrected chi connectivity index (χ4v) is 3.68. The Kier molecular flexibility index (Phi) is 4.51. The molecule has 1 aromatic heterocycles. The van der Waals surface area contributed by atoms with Crippen molar-refractivity contribution in [2.45, 2.75) is 18.9 Å². The van der Waals surface area contributed by atoms with Gasteiger partial charge in [-0.2, -0.15) is 0 Å². The number of aromatic amines is 1.